The Morgan fingerprint density at radius 1 is 1.24 bits per heavy atom. The molecule has 0 aliphatic heterocycles. The first-order valence-electron chi connectivity index (χ1n) is 8.85. The minimum atomic E-state index is -0.395. The topological polar surface area (TPSA) is 84.1 Å². The zero-order chi connectivity index (χ0) is 20.8. The second-order valence-corrected chi connectivity index (χ2v) is 7.34. The molecule has 2 N–H and O–H groups in total. The molecule has 0 saturated heterocycles. The third kappa shape index (κ3) is 5.92. The van der Waals surface area contributed by atoms with Crippen LogP contribution in [0.25, 0.3) is 0 Å². The van der Waals surface area contributed by atoms with E-state index in [0.717, 1.165) is 11.3 Å². The Hall–Kier alpha value is -3.13. The number of hydrogen-bond acceptors (Lipinski definition) is 5. The average molecular weight is 413 g/mol. The van der Waals surface area contributed by atoms with Gasteiger partial charge < -0.3 is 15.0 Å². The number of aryl methyl sites for hydroxylation is 1. The van der Waals surface area contributed by atoms with Crippen LogP contribution in [0.15, 0.2) is 58.5 Å². The van der Waals surface area contributed by atoms with E-state index < -0.39 is 5.82 Å². The normalized spacial score (nSPS) is 10.6. The molecule has 1 aromatic heterocycles. The number of aromatic nitrogens is 2. The number of rotatable bonds is 7. The number of aromatic amines is 1. The predicted octanol–water partition coefficient (Wildman–Crippen LogP) is 3.70. The fourth-order valence-corrected chi connectivity index (χ4v) is 3.43. The standard InChI is InChI=1S/C21H20FN3O3S/c1-13-6-7-15(9-18(13)22)23-19(26)10-16-11-20(27)25-21(24-16)29-12-14-4-3-5-17(8-14)28-2/h3-9,11H,10,12H2,1-2H3,(H,23,26)(H,24,25,27). The second-order valence-electron chi connectivity index (χ2n) is 6.37. The predicted molar refractivity (Wildman–Crippen MR) is 111 cm³/mol. The monoisotopic (exact) mass is 413 g/mol. The number of halogens is 1. The van der Waals surface area contributed by atoms with E-state index >= 15 is 0 Å². The van der Waals surface area contributed by atoms with Gasteiger partial charge in [0.15, 0.2) is 5.16 Å². The quantitative estimate of drug-likeness (QED) is 0.456. The Kier molecular flexibility index (Phi) is 6.66. The highest BCUT2D eigenvalue weighted by Gasteiger charge is 2.10. The summed E-state index contributed by atoms with van der Waals surface area (Å²) in [5.41, 5.74) is 1.87. The van der Waals surface area contributed by atoms with Crippen LogP contribution in [0.1, 0.15) is 16.8 Å². The van der Waals surface area contributed by atoms with Crippen LogP contribution >= 0.6 is 11.8 Å². The molecular formula is C21H20FN3O3S. The second kappa shape index (κ2) is 9.38. The third-order valence-electron chi connectivity index (χ3n) is 4.08. The van der Waals surface area contributed by atoms with E-state index in [-0.39, 0.29) is 17.9 Å². The van der Waals surface area contributed by atoms with Crippen LogP contribution in [0.3, 0.4) is 0 Å². The highest BCUT2D eigenvalue weighted by atomic mass is 32.2. The van der Waals surface area contributed by atoms with Crippen molar-refractivity contribution in [2.45, 2.75) is 24.3 Å². The Bertz CT molecular complexity index is 1080. The molecule has 3 rings (SSSR count). The van der Waals surface area contributed by atoms with Gasteiger partial charge in [0.2, 0.25) is 5.91 Å². The number of carbonyl (C=O) groups is 1. The van der Waals surface area contributed by atoms with Gasteiger partial charge >= 0.3 is 0 Å². The van der Waals surface area contributed by atoms with Crippen molar-refractivity contribution in [1.29, 1.82) is 0 Å². The van der Waals surface area contributed by atoms with Gasteiger partial charge in [-0.15, -0.1) is 0 Å². The van der Waals surface area contributed by atoms with Crippen molar-refractivity contribution in [3.05, 3.63) is 81.5 Å². The molecule has 0 aliphatic rings. The first-order valence-corrected chi connectivity index (χ1v) is 9.83. The number of anilines is 1. The number of H-pyrrole nitrogens is 1. The van der Waals surface area contributed by atoms with Gasteiger partial charge in [0.1, 0.15) is 11.6 Å². The van der Waals surface area contributed by atoms with Crippen LogP contribution in [0.4, 0.5) is 10.1 Å². The number of methoxy groups -OCH3 is 1. The van der Waals surface area contributed by atoms with E-state index in [1.165, 1.54) is 23.9 Å². The largest absolute Gasteiger partial charge is 0.497 e. The van der Waals surface area contributed by atoms with Crippen LogP contribution in [0, 0.1) is 12.7 Å². The minimum absolute atomic E-state index is 0.0911. The van der Waals surface area contributed by atoms with E-state index in [2.05, 4.69) is 15.3 Å². The molecule has 29 heavy (non-hydrogen) atoms. The van der Waals surface area contributed by atoms with Crippen molar-refractivity contribution < 1.29 is 13.9 Å². The SMILES string of the molecule is COc1cccc(CSc2nc(CC(=O)Nc3ccc(C)c(F)c3)cc(=O)[nH]2)c1. The van der Waals surface area contributed by atoms with Gasteiger partial charge in [-0.2, -0.15) is 0 Å². The molecule has 0 atom stereocenters. The average Bonchev–Trinajstić information content (AvgIpc) is 2.69. The maximum Gasteiger partial charge on any atom is 0.251 e. The Balaban J connectivity index is 1.65. The van der Waals surface area contributed by atoms with Crippen LogP contribution in [0.2, 0.25) is 0 Å². The number of nitrogens with zero attached hydrogens (tertiary/aromatic N) is 1. The van der Waals surface area contributed by atoms with Crippen molar-refractivity contribution in [3.63, 3.8) is 0 Å². The maximum atomic E-state index is 13.6. The van der Waals surface area contributed by atoms with E-state index in [1.54, 1.807) is 26.2 Å². The van der Waals surface area contributed by atoms with Crippen LogP contribution in [0.5, 0.6) is 5.75 Å². The Morgan fingerprint density at radius 2 is 2.07 bits per heavy atom. The molecular weight excluding hydrogens is 393 g/mol. The lowest BCUT2D eigenvalue weighted by molar-refractivity contribution is -0.115. The van der Waals surface area contributed by atoms with Crippen molar-refractivity contribution in [1.82, 2.24) is 9.97 Å². The van der Waals surface area contributed by atoms with E-state index in [4.69, 9.17) is 4.74 Å². The molecule has 2 aromatic carbocycles. The van der Waals surface area contributed by atoms with Gasteiger partial charge in [0.25, 0.3) is 5.56 Å². The lowest BCUT2D eigenvalue weighted by Gasteiger charge is -2.07. The molecule has 0 spiro atoms. The number of nitrogens with one attached hydrogen (secondary N) is 2. The Labute approximate surface area is 171 Å². The van der Waals surface area contributed by atoms with Crippen LogP contribution in [-0.4, -0.2) is 23.0 Å². The Morgan fingerprint density at radius 3 is 2.83 bits per heavy atom. The molecule has 1 heterocycles. The van der Waals surface area contributed by atoms with Crippen LogP contribution < -0.4 is 15.6 Å². The number of hydrogen-bond donors (Lipinski definition) is 2. The number of thioether (sulfide) groups is 1. The number of ether oxygens (including phenoxy) is 1. The third-order valence-corrected chi connectivity index (χ3v) is 5.02. The lowest BCUT2D eigenvalue weighted by atomic mass is 10.2. The zero-order valence-corrected chi connectivity index (χ0v) is 16.8. The molecule has 1 amide bonds. The molecule has 6 nitrogen and oxygen atoms in total. The summed E-state index contributed by atoms with van der Waals surface area (Å²) in [5.74, 6) is 0.559. The lowest BCUT2D eigenvalue weighted by Crippen LogP contribution is -2.18. The van der Waals surface area contributed by atoms with Crippen molar-refractivity contribution in [2.75, 3.05) is 12.4 Å². The van der Waals surface area contributed by atoms with Gasteiger partial charge in [-0.1, -0.05) is 30.0 Å². The first-order chi connectivity index (χ1) is 13.9. The summed E-state index contributed by atoms with van der Waals surface area (Å²) in [7, 11) is 1.60. The van der Waals surface area contributed by atoms with Gasteiger partial charge in [-0.05, 0) is 42.3 Å². The fourth-order valence-electron chi connectivity index (χ4n) is 2.60. The van der Waals surface area contributed by atoms with E-state index in [0.29, 0.717) is 27.9 Å². The van der Waals surface area contributed by atoms with Gasteiger partial charge in [-0.25, -0.2) is 9.37 Å². The molecule has 150 valence electrons. The summed E-state index contributed by atoms with van der Waals surface area (Å²) in [4.78, 5) is 31.2. The summed E-state index contributed by atoms with van der Waals surface area (Å²) in [6.45, 7) is 1.64. The minimum Gasteiger partial charge on any atom is -0.497 e. The molecule has 0 aliphatic carbocycles. The molecule has 0 bridgehead atoms. The van der Waals surface area contributed by atoms with Crippen molar-refractivity contribution >= 4 is 23.4 Å². The number of amides is 1. The van der Waals surface area contributed by atoms with E-state index in [9.17, 15) is 14.0 Å². The number of benzene rings is 2. The maximum absolute atomic E-state index is 13.6. The first kappa shape index (κ1) is 20.6. The molecule has 8 heteroatoms. The zero-order valence-electron chi connectivity index (χ0n) is 16.0. The molecule has 3 aromatic rings. The van der Waals surface area contributed by atoms with Gasteiger partial charge in [0.05, 0.1) is 19.2 Å². The highest BCUT2D eigenvalue weighted by Crippen LogP contribution is 2.21. The van der Waals surface area contributed by atoms with Crippen molar-refractivity contribution in [2.24, 2.45) is 0 Å². The number of carbonyl (C=O) groups excluding carboxylic acids is 1. The molecule has 0 saturated carbocycles. The van der Waals surface area contributed by atoms with Crippen LogP contribution in [-0.2, 0) is 17.0 Å². The highest BCUT2D eigenvalue weighted by molar-refractivity contribution is 7.98. The van der Waals surface area contributed by atoms with Gasteiger partial charge in [0, 0.05) is 17.5 Å². The molecule has 0 unspecified atom stereocenters. The van der Waals surface area contributed by atoms with Gasteiger partial charge in [-0.3, -0.25) is 9.59 Å². The molecule has 0 fully saturated rings. The summed E-state index contributed by atoms with van der Waals surface area (Å²) >= 11 is 1.35. The summed E-state index contributed by atoms with van der Waals surface area (Å²) < 4.78 is 18.8. The summed E-state index contributed by atoms with van der Waals surface area (Å²) in [5, 5.41) is 3.04. The molecule has 0 radical (unpaired) electrons. The van der Waals surface area contributed by atoms with E-state index in [1.807, 2.05) is 24.3 Å². The smallest absolute Gasteiger partial charge is 0.251 e. The summed E-state index contributed by atoms with van der Waals surface area (Å²) in [6, 6.07) is 13.3. The summed E-state index contributed by atoms with van der Waals surface area (Å²) in [6.07, 6.45) is -0.0911. The van der Waals surface area contributed by atoms with Crippen molar-refractivity contribution in [3.8, 4) is 5.75 Å². The fraction of sp³-hybridized carbons (Fsp3) is 0.190.